The van der Waals surface area contributed by atoms with Crippen LogP contribution in [0.2, 0.25) is 0 Å². The summed E-state index contributed by atoms with van der Waals surface area (Å²) < 4.78 is 36.0. The van der Waals surface area contributed by atoms with Gasteiger partial charge in [-0.2, -0.15) is 0 Å². The molecular weight excluding hydrogens is 442 g/mol. The number of oxime groups is 1. The number of carbonyl (C=O) groups is 1. The Hall–Kier alpha value is -2.34. The normalized spacial score (nSPS) is 21.9. The van der Waals surface area contributed by atoms with Gasteiger partial charge in [-0.1, -0.05) is 17.3 Å². The summed E-state index contributed by atoms with van der Waals surface area (Å²) >= 11 is 1.34. The van der Waals surface area contributed by atoms with E-state index in [-0.39, 0.29) is 23.3 Å². The number of hydrogen-bond acceptors (Lipinski definition) is 9. The smallest absolute Gasteiger partial charge is 0.280 e. The van der Waals surface area contributed by atoms with Gasteiger partial charge in [0.1, 0.15) is 0 Å². The van der Waals surface area contributed by atoms with Crippen LogP contribution >= 0.6 is 11.3 Å². The minimum absolute atomic E-state index is 0.0351. The van der Waals surface area contributed by atoms with Gasteiger partial charge in [0.2, 0.25) is 0 Å². The Balaban J connectivity index is 1.57. The number of thiazole rings is 1. The van der Waals surface area contributed by atoms with Crippen molar-refractivity contribution >= 4 is 37.9 Å². The van der Waals surface area contributed by atoms with E-state index in [0.717, 1.165) is 4.88 Å². The van der Waals surface area contributed by atoms with Crippen LogP contribution in [0.25, 0.3) is 0 Å². The number of anilines is 1. The molecule has 1 amide bonds. The zero-order chi connectivity index (χ0) is 21.8. The van der Waals surface area contributed by atoms with Gasteiger partial charge in [0.15, 0.2) is 26.8 Å². The average molecular weight is 466 g/mol. The molecule has 2 aliphatic rings. The van der Waals surface area contributed by atoms with Gasteiger partial charge in [0.05, 0.1) is 30.0 Å². The number of aromatic nitrogens is 1. The maximum Gasteiger partial charge on any atom is 0.280 e. The van der Waals surface area contributed by atoms with E-state index >= 15 is 0 Å². The fourth-order valence-corrected chi connectivity index (χ4v) is 5.51. The van der Waals surface area contributed by atoms with E-state index < -0.39 is 21.0 Å². The molecule has 1 aromatic heterocycles. The molecule has 166 valence electrons. The summed E-state index contributed by atoms with van der Waals surface area (Å²) in [6.07, 6.45) is 2.59. The second-order valence-corrected chi connectivity index (χ2v) is 10.8. The van der Waals surface area contributed by atoms with E-state index in [0.29, 0.717) is 43.4 Å². The molecule has 1 N–H and O–H groups in total. The fraction of sp³-hybridized carbons (Fsp3) is 0.450. The first-order chi connectivity index (χ1) is 14.9. The zero-order valence-corrected chi connectivity index (χ0v) is 18.6. The van der Waals surface area contributed by atoms with E-state index in [2.05, 4.69) is 15.5 Å². The number of carbonyl (C=O) groups excluding carboxylic acids is 1. The maximum atomic E-state index is 12.9. The van der Waals surface area contributed by atoms with Crippen molar-refractivity contribution in [3.8, 4) is 0 Å². The Kier molecular flexibility index (Phi) is 6.65. The Morgan fingerprint density at radius 3 is 2.55 bits per heavy atom. The fourth-order valence-electron chi connectivity index (χ4n) is 3.27. The van der Waals surface area contributed by atoms with Crippen LogP contribution in [0.3, 0.4) is 0 Å². The second kappa shape index (κ2) is 9.43. The molecule has 2 fully saturated rings. The lowest BCUT2D eigenvalue weighted by Crippen LogP contribution is -2.25. The van der Waals surface area contributed by atoms with Crippen LogP contribution in [0.4, 0.5) is 5.13 Å². The number of nitrogens with zero attached hydrogens (tertiary/aromatic N) is 2. The predicted molar refractivity (Wildman–Crippen MR) is 115 cm³/mol. The van der Waals surface area contributed by atoms with E-state index in [1.165, 1.54) is 23.5 Å². The van der Waals surface area contributed by atoms with Crippen molar-refractivity contribution in [1.29, 1.82) is 0 Å². The highest BCUT2D eigenvalue weighted by molar-refractivity contribution is 7.92. The van der Waals surface area contributed by atoms with Crippen LogP contribution in [0, 0.1) is 6.92 Å². The lowest BCUT2D eigenvalue weighted by molar-refractivity contribution is -0.110. The Labute approximate surface area is 184 Å². The van der Waals surface area contributed by atoms with Crippen LogP contribution in [0.1, 0.15) is 23.3 Å². The first-order valence-electron chi connectivity index (χ1n) is 9.91. The minimum Gasteiger partial charge on any atom is -0.389 e. The van der Waals surface area contributed by atoms with Crippen LogP contribution in [0.15, 0.2) is 40.5 Å². The van der Waals surface area contributed by atoms with Crippen LogP contribution in [-0.4, -0.2) is 62.8 Å². The lowest BCUT2D eigenvalue weighted by atomic mass is 10.1. The average Bonchev–Trinajstić information content (AvgIpc) is 3.52. The molecule has 4 rings (SSSR count). The van der Waals surface area contributed by atoms with Crippen molar-refractivity contribution in [3.63, 3.8) is 0 Å². The molecule has 0 radical (unpaired) electrons. The largest absolute Gasteiger partial charge is 0.389 e. The van der Waals surface area contributed by atoms with Gasteiger partial charge in [-0.3, -0.25) is 10.1 Å². The summed E-state index contributed by atoms with van der Waals surface area (Å²) in [5.41, 5.74) is 0.471. The molecule has 3 heterocycles. The SMILES string of the molecule is Cc1cnc(NC(=O)C(=NO[C@@H]2CCOC2)c2ccc(S(=O)(=O)[C@H]3CCOC3)cc2)s1. The predicted octanol–water partition coefficient (Wildman–Crippen LogP) is 2.16. The molecule has 2 atom stereocenters. The molecule has 31 heavy (non-hydrogen) atoms. The maximum absolute atomic E-state index is 12.9. The standard InChI is InChI=1S/C20H23N3O6S2/c1-13-10-21-20(30-13)22-19(24)18(23-29-15-6-8-27-11-15)14-2-4-16(5-3-14)31(25,26)17-7-9-28-12-17/h2-5,10,15,17H,6-9,11-12H2,1H3,(H,21,22,24)/t15-,17+/m1/s1. The highest BCUT2D eigenvalue weighted by Gasteiger charge is 2.31. The number of amides is 1. The van der Waals surface area contributed by atoms with Gasteiger partial charge in [-0.25, -0.2) is 13.4 Å². The Bertz CT molecular complexity index is 1050. The van der Waals surface area contributed by atoms with Gasteiger partial charge in [0, 0.05) is 29.7 Å². The Morgan fingerprint density at radius 2 is 1.94 bits per heavy atom. The van der Waals surface area contributed by atoms with Gasteiger partial charge >= 0.3 is 0 Å². The third-order valence-corrected chi connectivity index (χ3v) is 8.03. The number of nitrogens with one attached hydrogen (secondary N) is 1. The zero-order valence-electron chi connectivity index (χ0n) is 16.9. The molecule has 0 spiro atoms. The Morgan fingerprint density at radius 1 is 1.19 bits per heavy atom. The van der Waals surface area contributed by atoms with Gasteiger partial charge in [-0.15, -0.1) is 11.3 Å². The van der Waals surface area contributed by atoms with Crippen molar-refractivity contribution in [1.82, 2.24) is 4.98 Å². The molecule has 2 aliphatic heterocycles. The summed E-state index contributed by atoms with van der Waals surface area (Å²) in [5, 5.41) is 6.69. The van der Waals surface area contributed by atoms with E-state index in [4.69, 9.17) is 14.3 Å². The first kappa shape index (κ1) is 21.9. The van der Waals surface area contributed by atoms with Crippen molar-refractivity contribution in [2.45, 2.75) is 36.0 Å². The number of aryl methyl sites for hydroxylation is 1. The number of benzene rings is 1. The lowest BCUT2D eigenvalue weighted by Gasteiger charge is -2.12. The third kappa shape index (κ3) is 5.12. The summed E-state index contributed by atoms with van der Waals surface area (Å²) in [5.74, 6) is -0.493. The molecule has 11 heteroatoms. The topological polar surface area (TPSA) is 116 Å². The summed E-state index contributed by atoms with van der Waals surface area (Å²) in [4.78, 5) is 23.7. The summed E-state index contributed by atoms with van der Waals surface area (Å²) in [7, 11) is -3.49. The minimum atomic E-state index is -3.49. The van der Waals surface area contributed by atoms with Gasteiger partial charge in [0.25, 0.3) is 5.91 Å². The van der Waals surface area contributed by atoms with E-state index in [1.807, 2.05) is 6.92 Å². The number of hydrogen-bond donors (Lipinski definition) is 1. The number of sulfone groups is 1. The van der Waals surface area contributed by atoms with Crippen LogP contribution in [0.5, 0.6) is 0 Å². The molecule has 0 unspecified atom stereocenters. The second-order valence-electron chi connectivity index (χ2n) is 7.32. The molecule has 2 saturated heterocycles. The third-order valence-electron chi connectivity index (χ3n) is 5.02. The summed E-state index contributed by atoms with van der Waals surface area (Å²) in [6, 6.07) is 6.08. The van der Waals surface area contributed by atoms with Crippen molar-refractivity contribution in [3.05, 3.63) is 40.9 Å². The quantitative estimate of drug-likeness (QED) is 0.492. The monoisotopic (exact) mass is 465 g/mol. The van der Waals surface area contributed by atoms with Crippen molar-refractivity contribution in [2.75, 3.05) is 31.7 Å². The number of rotatable bonds is 7. The molecule has 2 aromatic rings. The first-order valence-corrected chi connectivity index (χ1v) is 12.3. The summed E-state index contributed by atoms with van der Waals surface area (Å²) in [6.45, 7) is 3.52. The van der Waals surface area contributed by atoms with Crippen molar-refractivity contribution < 1.29 is 27.5 Å². The molecule has 0 bridgehead atoms. The molecule has 0 aliphatic carbocycles. The van der Waals surface area contributed by atoms with Crippen LogP contribution in [-0.2, 0) is 28.9 Å². The van der Waals surface area contributed by atoms with Gasteiger partial charge < -0.3 is 14.3 Å². The molecule has 1 aromatic carbocycles. The van der Waals surface area contributed by atoms with Crippen molar-refractivity contribution in [2.24, 2.45) is 5.16 Å². The molecule has 0 saturated carbocycles. The van der Waals surface area contributed by atoms with Gasteiger partial charge in [-0.05, 0) is 25.5 Å². The van der Waals surface area contributed by atoms with Crippen LogP contribution < -0.4 is 5.32 Å². The molecular formula is C20H23N3O6S2. The molecule has 9 nitrogen and oxygen atoms in total. The highest BCUT2D eigenvalue weighted by Crippen LogP contribution is 2.23. The number of ether oxygens (including phenoxy) is 2. The highest BCUT2D eigenvalue weighted by atomic mass is 32.2. The van der Waals surface area contributed by atoms with E-state index in [1.54, 1.807) is 18.3 Å². The van der Waals surface area contributed by atoms with E-state index in [9.17, 15) is 13.2 Å².